The van der Waals surface area contributed by atoms with Crippen molar-refractivity contribution in [1.29, 1.82) is 0 Å². The van der Waals surface area contributed by atoms with Crippen molar-refractivity contribution < 1.29 is 9.90 Å². The van der Waals surface area contributed by atoms with Gasteiger partial charge in [0.2, 0.25) is 0 Å². The molecule has 0 atom stereocenters. The first kappa shape index (κ1) is 13.7. The molecule has 0 fully saturated rings. The summed E-state index contributed by atoms with van der Waals surface area (Å²) in [6, 6.07) is 20.8. The molecule has 2 heteroatoms. The minimum Gasteiger partial charge on any atom is -0.478 e. The predicted octanol–water partition coefficient (Wildman–Crippen LogP) is 4.00. The lowest BCUT2D eigenvalue weighted by molar-refractivity contribution is -0.131. The van der Waals surface area contributed by atoms with Crippen LogP contribution in [0.2, 0.25) is 0 Å². The molecule has 2 aromatic carbocycles. The number of benzene rings is 2. The van der Waals surface area contributed by atoms with Crippen molar-refractivity contribution in [2.24, 2.45) is 0 Å². The first-order valence-corrected chi connectivity index (χ1v) is 5.70. The lowest BCUT2D eigenvalue weighted by Gasteiger charge is -1.98. The van der Waals surface area contributed by atoms with Crippen LogP contribution in [0.25, 0.3) is 11.1 Å². The molecule has 0 spiro atoms. The molecule has 0 amide bonds. The molecule has 0 aromatic heterocycles. The summed E-state index contributed by atoms with van der Waals surface area (Å²) in [4.78, 5) is 9.51. The van der Waals surface area contributed by atoms with Crippen LogP contribution in [-0.2, 0) is 4.79 Å². The molecule has 2 aromatic rings. The van der Waals surface area contributed by atoms with Gasteiger partial charge in [-0.15, -0.1) is 0 Å². The Hall–Kier alpha value is -2.35. The Bertz CT molecular complexity index is 450. The van der Waals surface area contributed by atoms with Gasteiger partial charge in [0.05, 0.1) is 0 Å². The maximum Gasteiger partial charge on any atom is 0.327 e. The van der Waals surface area contributed by atoms with Crippen molar-refractivity contribution in [1.82, 2.24) is 0 Å². The van der Waals surface area contributed by atoms with E-state index in [-0.39, 0.29) is 0 Å². The summed E-state index contributed by atoms with van der Waals surface area (Å²) in [7, 11) is 0. The number of carbonyl (C=O) groups is 1. The van der Waals surface area contributed by atoms with Crippen molar-refractivity contribution in [2.45, 2.75) is 6.92 Å². The van der Waals surface area contributed by atoms with E-state index in [1.165, 1.54) is 17.2 Å². The van der Waals surface area contributed by atoms with Crippen LogP contribution < -0.4 is 0 Å². The third-order valence-electron chi connectivity index (χ3n) is 2.19. The molecule has 2 nitrogen and oxygen atoms in total. The first-order valence-electron chi connectivity index (χ1n) is 5.70. The molecule has 2 rings (SSSR count). The fourth-order valence-electron chi connectivity index (χ4n) is 1.40. The molecule has 0 saturated heterocycles. The molecule has 92 valence electrons. The standard InChI is InChI=1S/C12H10.C4H6O2/c1-3-7-11(8-4-1)12-9-5-2-6-10-12;1-2-3-4(5)6/h1-10H;2-3H,1H3,(H,5,6)/b;3-2+. The summed E-state index contributed by atoms with van der Waals surface area (Å²) in [5.74, 6) is -0.891. The van der Waals surface area contributed by atoms with Crippen molar-refractivity contribution in [3.05, 3.63) is 72.8 Å². The van der Waals surface area contributed by atoms with Crippen LogP contribution in [0.15, 0.2) is 72.8 Å². The molecule has 0 radical (unpaired) electrons. The molecule has 0 unspecified atom stereocenters. The average molecular weight is 240 g/mol. The molecular weight excluding hydrogens is 224 g/mol. The zero-order chi connectivity index (χ0) is 13.2. The van der Waals surface area contributed by atoms with Gasteiger partial charge >= 0.3 is 5.97 Å². The van der Waals surface area contributed by atoms with Gasteiger partial charge in [-0.2, -0.15) is 0 Å². The Labute approximate surface area is 107 Å². The summed E-state index contributed by atoms with van der Waals surface area (Å²) < 4.78 is 0. The Morgan fingerprint density at radius 2 is 1.28 bits per heavy atom. The molecule has 0 aliphatic carbocycles. The molecular formula is C16H16O2. The van der Waals surface area contributed by atoms with Crippen molar-refractivity contribution in [2.75, 3.05) is 0 Å². The lowest BCUT2D eigenvalue weighted by atomic mass is 10.1. The number of hydrogen-bond acceptors (Lipinski definition) is 1. The van der Waals surface area contributed by atoms with Crippen LogP contribution >= 0.6 is 0 Å². The van der Waals surface area contributed by atoms with Gasteiger partial charge in [-0.25, -0.2) is 4.79 Å². The summed E-state index contributed by atoms with van der Waals surface area (Å²) >= 11 is 0. The van der Waals surface area contributed by atoms with Crippen LogP contribution in [0.1, 0.15) is 6.92 Å². The molecule has 18 heavy (non-hydrogen) atoms. The van der Waals surface area contributed by atoms with Crippen LogP contribution in [0.4, 0.5) is 0 Å². The summed E-state index contributed by atoms with van der Waals surface area (Å²) in [6.45, 7) is 1.66. The van der Waals surface area contributed by atoms with E-state index in [0.717, 1.165) is 6.08 Å². The largest absolute Gasteiger partial charge is 0.478 e. The molecule has 0 heterocycles. The van der Waals surface area contributed by atoms with Gasteiger partial charge in [0.15, 0.2) is 0 Å². The predicted molar refractivity (Wildman–Crippen MR) is 74.3 cm³/mol. The topological polar surface area (TPSA) is 37.3 Å². The van der Waals surface area contributed by atoms with Crippen LogP contribution in [0, 0.1) is 0 Å². The molecule has 0 aliphatic heterocycles. The normalized spacial score (nSPS) is 9.61. The fourth-order valence-corrected chi connectivity index (χ4v) is 1.40. The van der Waals surface area contributed by atoms with Gasteiger partial charge < -0.3 is 5.11 Å². The first-order chi connectivity index (χ1) is 8.74. The van der Waals surface area contributed by atoms with Gasteiger partial charge in [-0.1, -0.05) is 66.7 Å². The van der Waals surface area contributed by atoms with E-state index in [1.54, 1.807) is 6.92 Å². The smallest absolute Gasteiger partial charge is 0.327 e. The highest BCUT2D eigenvalue weighted by Crippen LogP contribution is 2.17. The van der Waals surface area contributed by atoms with Gasteiger partial charge in [-0.3, -0.25) is 0 Å². The van der Waals surface area contributed by atoms with Crippen molar-refractivity contribution in [3.63, 3.8) is 0 Å². The lowest BCUT2D eigenvalue weighted by Crippen LogP contribution is -1.83. The maximum absolute atomic E-state index is 9.51. The van der Waals surface area contributed by atoms with E-state index < -0.39 is 5.97 Å². The third-order valence-corrected chi connectivity index (χ3v) is 2.19. The number of rotatable bonds is 2. The Balaban J connectivity index is 0.000000232. The van der Waals surface area contributed by atoms with E-state index in [0.29, 0.717) is 0 Å². The monoisotopic (exact) mass is 240 g/mol. The average Bonchev–Trinajstić information content (AvgIpc) is 2.41. The Kier molecular flexibility index (Phi) is 5.98. The van der Waals surface area contributed by atoms with E-state index in [9.17, 15) is 4.79 Å². The minimum atomic E-state index is -0.891. The zero-order valence-electron chi connectivity index (χ0n) is 10.3. The summed E-state index contributed by atoms with van der Waals surface area (Å²) in [5, 5.41) is 7.83. The van der Waals surface area contributed by atoms with E-state index in [2.05, 4.69) is 48.5 Å². The minimum absolute atomic E-state index is 0.891. The highest BCUT2D eigenvalue weighted by molar-refractivity contribution is 5.79. The van der Waals surface area contributed by atoms with E-state index in [4.69, 9.17) is 5.11 Å². The van der Waals surface area contributed by atoms with Crippen LogP contribution in [0.3, 0.4) is 0 Å². The second kappa shape index (κ2) is 7.85. The highest BCUT2D eigenvalue weighted by atomic mass is 16.4. The van der Waals surface area contributed by atoms with Crippen molar-refractivity contribution in [3.8, 4) is 11.1 Å². The van der Waals surface area contributed by atoms with Gasteiger partial charge in [-0.05, 0) is 18.1 Å². The quantitative estimate of drug-likeness (QED) is 0.805. The van der Waals surface area contributed by atoms with E-state index >= 15 is 0 Å². The van der Waals surface area contributed by atoms with Crippen LogP contribution in [-0.4, -0.2) is 11.1 Å². The highest BCUT2D eigenvalue weighted by Gasteiger charge is 1.91. The maximum atomic E-state index is 9.51. The van der Waals surface area contributed by atoms with Gasteiger partial charge in [0.1, 0.15) is 0 Å². The number of carboxylic acid groups (broad SMARTS) is 1. The molecule has 0 bridgehead atoms. The third kappa shape index (κ3) is 5.12. The zero-order valence-corrected chi connectivity index (χ0v) is 10.3. The number of aliphatic carboxylic acids is 1. The fraction of sp³-hybridized carbons (Fsp3) is 0.0625. The second-order valence-corrected chi connectivity index (χ2v) is 3.57. The van der Waals surface area contributed by atoms with E-state index in [1.807, 2.05) is 12.1 Å². The SMILES string of the molecule is C/C=C/C(=O)O.c1ccc(-c2ccccc2)cc1. The van der Waals surface area contributed by atoms with Crippen molar-refractivity contribution >= 4 is 5.97 Å². The van der Waals surface area contributed by atoms with Gasteiger partial charge in [0, 0.05) is 6.08 Å². The number of carboxylic acids is 1. The van der Waals surface area contributed by atoms with Crippen LogP contribution in [0.5, 0.6) is 0 Å². The number of hydrogen-bond donors (Lipinski definition) is 1. The summed E-state index contributed by atoms with van der Waals surface area (Å²) in [6.07, 6.45) is 2.56. The Morgan fingerprint density at radius 3 is 1.50 bits per heavy atom. The molecule has 1 N–H and O–H groups in total. The second-order valence-electron chi connectivity index (χ2n) is 3.57. The molecule has 0 aliphatic rings. The number of allylic oxidation sites excluding steroid dienone is 1. The van der Waals surface area contributed by atoms with Gasteiger partial charge in [0.25, 0.3) is 0 Å². The Morgan fingerprint density at radius 1 is 0.889 bits per heavy atom. The molecule has 0 saturated carbocycles. The summed E-state index contributed by atoms with van der Waals surface area (Å²) in [5.41, 5.74) is 2.55.